The summed E-state index contributed by atoms with van der Waals surface area (Å²) in [6.45, 7) is 0.532. The molecule has 4 aromatic rings. The molecule has 0 fully saturated rings. The van der Waals surface area contributed by atoms with Gasteiger partial charge in [0.05, 0.1) is 19.8 Å². The van der Waals surface area contributed by atoms with Crippen molar-refractivity contribution in [3.8, 4) is 5.75 Å². The molecule has 1 aromatic heterocycles. The Bertz CT molecular complexity index is 1200. The van der Waals surface area contributed by atoms with E-state index < -0.39 is 0 Å². The minimum Gasteiger partial charge on any atom is -0.497 e. The summed E-state index contributed by atoms with van der Waals surface area (Å²) in [5, 5.41) is 6.52. The van der Waals surface area contributed by atoms with Crippen molar-refractivity contribution in [3.05, 3.63) is 78.1 Å². The second-order valence-corrected chi connectivity index (χ2v) is 7.21. The Kier molecular flexibility index (Phi) is 5.81. The fraction of sp³-hybridized carbons (Fsp3) is 0.130. The van der Waals surface area contributed by atoms with Gasteiger partial charge in [-0.15, -0.1) is 0 Å². The van der Waals surface area contributed by atoms with Crippen molar-refractivity contribution in [1.82, 2.24) is 16.2 Å². The van der Waals surface area contributed by atoms with Crippen molar-refractivity contribution in [1.29, 1.82) is 0 Å². The van der Waals surface area contributed by atoms with Gasteiger partial charge in [-0.2, -0.15) is 0 Å². The van der Waals surface area contributed by atoms with Gasteiger partial charge in [-0.3, -0.25) is 15.6 Å². The normalized spacial score (nSPS) is 10.7. The summed E-state index contributed by atoms with van der Waals surface area (Å²) in [5.41, 5.74) is 8.01. The van der Waals surface area contributed by atoms with Gasteiger partial charge >= 0.3 is 0 Å². The zero-order chi connectivity index (χ0) is 20.9. The van der Waals surface area contributed by atoms with Crippen molar-refractivity contribution in [2.24, 2.45) is 0 Å². The third-order valence-electron chi connectivity index (χ3n) is 4.82. The third-order valence-corrected chi connectivity index (χ3v) is 5.07. The molecule has 0 aliphatic heterocycles. The van der Waals surface area contributed by atoms with E-state index in [0.29, 0.717) is 11.7 Å². The Hall–Kier alpha value is -3.58. The Morgan fingerprint density at radius 2 is 1.83 bits per heavy atom. The molecule has 0 saturated heterocycles. The molecule has 0 atom stereocenters. The lowest BCUT2D eigenvalue weighted by atomic mass is 10.0. The van der Waals surface area contributed by atoms with E-state index in [9.17, 15) is 4.79 Å². The maximum absolute atomic E-state index is 12.4. The Labute approximate surface area is 179 Å². The van der Waals surface area contributed by atoms with E-state index in [-0.39, 0.29) is 12.3 Å². The monoisotopic (exact) mass is 419 g/mol. The van der Waals surface area contributed by atoms with Crippen LogP contribution < -0.4 is 20.9 Å². The van der Waals surface area contributed by atoms with E-state index in [1.54, 1.807) is 13.4 Å². The maximum atomic E-state index is 12.4. The van der Waals surface area contributed by atoms with Crippen molar-refractivity contribution < 1.29 is 13.9 Å². The highest BCUT2D eigenvalue weighted by Gasteiger charge is 2.13. The number of methoxy groups -OCH3 is 1. The second-order valence-electron chi connectivity index (χ2n) is 6.80. The first-order valence-electron chi connectivity index (χ1n) is 9.47. The highest BCUT2D eigenvalue weighted by atomic mass is 32.1. The van der Waals surface area contributed by atoms with E-state index in [0.717, 1.165) is 38.6 Å². The smallest absolute Gasteiger partial charge is 0.242 e. The Morgan fingerprint density at radius 3 is 2.63 bits per heavy atom. The summed E-state index contributed by atoms with van der Waals surface area (Å²) in [7, 11) is 1.63. The van der Waals surface area contributed by atoms with E-state index in [2.05, 4.69) is 16.2 Å². The van der Waals surface area contributed by atoms with Crippen LogP contribution in [0.3, 0.4) is 0 Å². The van der Waals surface area contributed by atoms with Crippen LogP contribution in [-0.2, 0) is 17.8 Å². The first kappa shape index (κ1) is 19.7. The molecule has 3 aromatic carbocycles. The zero-order valence-corrected chi connectivity index (χ0v) is 17.2. The molecule has 0 aliphatic carbocycles. The fourth-order valence-electron chi connectivity index (χ4n) is 3.32. The molecule has 1 heterocycles. The van der Waals surface area contributed by atoms with Gasteiger partial charge in [-0.1, -0.05) is 42.5 Å². The number of nitrogens with one attached hydrogen (secondary N) is 3. The highest BCUT2D eigenvalue weighted by molar-refractivity contribution is 7.80. The van der Waals surface area contributed by atoms with E-state index in [1.807, 2.05) is 60.7 Å². The summed E-state index contributed by atoms with van der Waals surface area (Å²) in [6.07, 6.45) is 1.81. The van der Waals surface area contributed by atoms with Crippen molar-refractivity contribution >= 4 is 45.0 Å². The second kappa shape index (κ2) is 8.84. The number of rotatable bonds is 5. The van der Waals surface area contributed by atoms with Gasteiger partial charge in [0.15, 0.2) is 5.11 Å². The highest BCUT2D eigenvalue weighted by Crippen LogP contribution is 2.30. The summed E-state index contributed by atoms with van der Waals surface area (Å²) >= 11 is 5.23. The number of amides is 1. The molecule has 7 heteroatoms. The van der Waals surface area contributed by atoms with Gasteiger partial charge in [0.25, 0.3) is 0 Å². The molecule has 0 unspecified atom stereocenters. The molecule has 0 aliphatic rings. The van der Waals surface area contributed by atoms with Crippen LogP contribution in [0, 0.1) is 0 Å². The number of hydrogen-bond acceptors (Lipinski definition) is 4. The molecular formula is C23H21N3O3S. The molecule has 30 heavy (non-hydrogen) atoms. The molecule has 152 valence electrons. The van der Waals surface area contributed by atoms with Crippen LogP contribution >= 0.6 is 12.2 Å². The summed E-state index contributed by atoms with van der Waals surface area (Å²) in [4.78, 5) is 12.4. The first-order valence-corrected chi connectivity index (χ1v) is 9.88. The number of hydrogen-bond donors (Lipinski definition) is 3. The van der Waals surface area contributed by atoms with E-state index in [4.69, 9.17) is 21.4 Å². The predicted molar refractivity (Wildman–Crippen MR) is 121 cm³/mol. The number of thiocarbonyl (C=S) groups is 1. The van der Waals surface area contributed by atoms with Gasteiger partial charge < -0.3 is 14.5 Å². The topological polar surface area (TPSA) is 75.5 Å². The number of fused-ring (bicyclic) bond motifs is 3. The van der Waals surface area contributed by atoms with Crippen molar-refractivity contribution in [3.63, 3.8) is 0 Å². The van der Waals surface area contributed by atoms with Gasteiger partial charge in [-0.25, -0.2) is 0 Å². The van der Waals surface area contributed by atoms with Crippen LogP contribution in [-0.4, -0.2) is 18.1 Å². The van der Waals surface area contributed by atoms with Crippen LogP contribution in [0.25, 0.3) is 21.7 Å². The molecule has 0 spiro atoms. The van der Waals surface area contributed by atoms with Crippen LogP contribution in [0.4, 0.5) is 0 Å². The average Bonchev–Trinajstić information content (AvgIpc) is 3.19. The van der Waals surface area contributed by atoms with Crippen molar-refractivity contribution in [2.45, 2.75) is 13.0 Å². The van der Waals surface area contributed by atoms with Crippen molar-refractivity contribution in [2.75, 3.05) is 7.11 Å². The SMILES string of the molecule is COc1ccc(CNC(=S)NNC(=O)Cc2coc3ccc4ccccc4c23)cc1. The molecule has 0 radical (unpaired) electrons. The summed E-state index contributed by atoms with van der Waals surface area (Å²) in [6, 6.07) is 19.6. The first-order chi connectivity index (χ1) is 14.6. The largest absolute Gasteiger partial charge is 0.497 e. The molecule has 0 saturated carbocycles. The molecule has 1 amide bonds. The lowest BCUT2D eigenvalue weighted by Gasteiger charge is -2.12. The number of benzene rings is 3. The fourth-order valence-corrected chi connectivity index (χ4v) is 3.44. The number of carbonyl (C=O) groups is 1. The number of carbonyl (C=O) groups excluding carboxylic acids is 1. The van der Waals surface area contributed by atoms with Crippen LogP contribution in [0.1, 0.15) is 11.1 Å². The van der Waals surface area contributed by atoms with Gasteiger partial charge in [-0.05, 0) is 46.8 Å². The minimum atomic E-state index is -0.209. The Balaban J connectivity index is 1.33. The number of furan rings is 1. The standard InChI is InChI=1S/C23H21N3O3S/c1-28-18-9-6-15(7-10-18)13-24-23(30)26-25-21(27)12-17-14-29-20-11-8-16-4-2-3-5-19(16)22(17)20/h2-11,14H,12-13H2,1H3,(H,25,27)(H2,24,26,30). The van der Waals surface area contributed by atoms with Crippen LogP contribution in [0.2, 0.25) is 0 Å². The lowest BCUT2D eigenvalue weighted by Crippen LogP contribution is -2.47. The Morgan fingerprint density at radius 1 is 1.03 bits per heavy atom. The third kappa shape index (κ3) is 4.36. The van der Waals surface area contributed by atoms with Crippen LogP contribution in [0.5, 0.6) is 5.75 Å². The maximum Gasteiger partial charge on any atom is 0.242 e. The molecule has 4 rings (SSSR count). The molecular weight excluding hydrogens is 398 g/mol. The molecule has 3 N–H and O–H groups in total. The average molecular weight is 420 g/mol. The predicted octanol–water partition coefficient (Wildman–Crippen LogP) is 3.83. The zero-order valence-electron chi connectivity index (χ0n) is 16.4. The van der Waals surface area contributed by atoms with Gasteiger partial charge in [0.2, 0.25) is 5.91 Å². The van der Waals surface area contributed by atoms with Gasteiger partial charge in [0.1, 0.15) is 11.3 Å². The van der Waals surface area contributed by atoms with E-state index in [1.165, 1.54) is 0 Å². The summed E-state index contributed by atoms with van der Waals surface area (Å²) < 4.78 is 10.8. The minimum absolute atomic E-state index is 0.176. The van der Waals surface area contributed by atoms with Crippen LogP contribution in [0.15, 0.2) is 71.3 Å². The van der Waals surface area contributed by atoms with E-state index >= 15 is 0 Å². The molecule has 0 bridgehead atoms. The number of hydrazine groups is 1. The quantitative estimate of drug-likeness (QED) is 0.337. The molecule has 6 nitrogen and oxygen atoms in total. The lowest BCUT2D eigenvalue weighted by molar-refractivity contribution is -0.121. The summed E-state index contributed by atoms with van der Waals surface area (Å²) in [5.74, 6) is 0.588. The van der Waals surface area contributed by atoms with Gasteiger partial charge in [0, 0.05) is 17.5 Å². The number of ether oxygens (including phenoxy) is 1.